The number of benzene rings is 2. The van der Waals surface area contributed by atoms with E-state index in [4.69, 9.17) is 23.2 Å². The predicted octanol–water partition coefficient (Wildman–Crippen LogP) is 4.31. The summed E-state index contributed by atoms with van der Waals surface area (Å²) in [6.07, 6.45) is 0. The van der Waals surface area contributed by atoms with Crippen LogP contribution in [0.2, 0.25) is 10.0 Å². The molecule has 2 aromatic rings. The molecule has 88 valence electrons. The van der Waals surface area contributed by atoms with Crippen LogP contribution in [0.4, 0.5) is 5.69 Å². The third-order valence-corrected chi connectivity index (χ3v) is 2.98. The van der Waals surface area contributed by atoms with Gasteiger partial charge in [-0.25, -0.2) is 0 Å². The van der Waals surface area contributed by atoms with Crippen molar-refractivity contribution >= 4 is 28.9 Å². The number of anilines is 1. The van der Waals surface area contributed by atoms with E-state index < -0.39 is 0 Å². The van der Waals surface area contributed by atoms with Crippen LogP contribution in [0.15, 0.2) is 42.5 Å². The van der Waals surface area contributed by atoms with Crippen molar-refractivity contribution in [2.24, 2.45) is 0 Å². The number of halogens is 2. The van der Waals surface area contributed by atoms with E-state index in [9.17, 15) is 5.11 Å². The van der Waals surface area contributed by atoms with E-state index in [-0.39, 0.29) is 5.75 Å². The highest BCUT2D eigenvalue weighted by molar-refractivity contribution is 6.31. The van der Waals surface area contributed by atoms with Gasteiger partial charge in [0.05, 0.1) is 0 Å². The van der Waals surface area contributed by atoms with Crippen LogP contribution in [0, 0.1) is 0 Å². The zero-order valence-electron chi connectivity index (χ0n) is 8.95. The maximum absolute atomic E-state index is 9.67. The number of hydrogen-bond acceptors (Lipinski definition) is 2. The van der Waals surface area contributed by atoms with Crippen LogP contribution < -0.4 is 5.32 Å². The zero-order valence-corrected chi connectivity index (χ0v) is 10.5. The van der Waals surface area contributed by atoms with Crippen LogP contribution >= 0.6 is 23.2 Å². The molecule has 17 heavy (non-hydrogen) atoms. The molecule has 0 heterocycles. The summed E-state index contributed by atoms with van der Waals surface area (Å²) in [5, 5.41) is 14.0. The maximum atomic E-state index is 9.67. The molecule has 0 saturated heterocycles. The first-order chi connectivity index (χ1) is 8.16. The van der Waals surface area contributed by atoms with Gasteiger partial charge in [0.25, 0.3) is 0 Å². The fourth-order valence-electron chi connectivity index (χ4n) is 1.51. The van der Waals surface area contributed by atoms with Gasteiger partial charge in [0.2, 0.25) is 0 Å². The number of aromatic hydroxyl groups is 1. The molecule has 0 amide bonds. The SMILES string of the molecule is Oc1cccc(Cl)c1CNc1cccc(Cl)c1. The second kappa shape index (κ2) is 5.30. The predicted molar refractivity (Wildman–Crippen MR) is 71.9 cm³/mol. The molecule has 2 aromatic carbocycles. The van der Waals surface area contributed by atoms with E-state index in [0.29, 0.717) is 22.2 Å². The Morgan fingerprint density at radius 1 is 1.06 bits per heavy atom. The number of rotatable bonds is 3. The summed E-state index contributed by atoms with van der Waals surface area (Å²) in [5.74, 6) is 0.187. The van der Waals surface area contributed by atoms with Crippen LogP contribution in [0.5, 0.6) is 5.75 Å². The number of hydrogen-bond donors (Lipinski definition) is 2. The average molecular weight is 268 g/mol. The molecule has 0 atom stereocenters. The molecule has 2 nitrogen and oxygen atoms in total. The first-order valence-corrected chi connectivity index (χ1v) is 5.88. The summed E-state index contributed by atoms with van der Waals surface area (Å²) < 4.78 is 0. The Morgan fingerprint density at radius 2 is 1.82 bits per heavy atom. The van der Waals surface area contributed by atoms with E-state index in [1.165, 1.54) is 0 Å². The summed E-state index contributed by atoms with van der Waals surface area (Å²) in [4.78, 5) is 0. The van der Waals surface area contributed by atoms with E-state index in [0.717, 1.165) is 5.69 Å². The first-order valence-electron chi connectivity index (χ1n) is 5.12. The Hall–Kier alpha value is -1.38. The van der Waals surface area contributed by atoms with Gasteiger partial charge in [0.1, 0.15) is 5.75 Å². The average Bonchev–Trinajstić information content (AvgIpc) is 2.28. The summed E-state index contributed by atoms with van der Waals surface area (Å²) >= 11 is 11.9. The lowest BCUT2D eigenvalue weighted by atomic mass is 10.2. The number of phenols is 1. The molecule has 0 unspecified atom stereocenters. The highest BCUT2D eigenvalue weighted by atomic mass is 35.5. The van der Waals surface area contributed by atoms with Crippen LogP contribution in [0.25, 0.3) is 0 Å². The molecule has 0 radical (unpaired) electrons. The fourth-order valence-corrected chi connectivity index (χ4v) is 1.94. The monoisotopic (exact) mass is 267 g/mol. The molecular formula is C13H11Cl2NO. The van der Waals surface area contributed by atoms with Crippen molar-refractivity contribution in [1.82, 2.24) is 0 Å². The van der Waals surface area contributed by atoms with E-state index >= 15 is 0 Å². The third-order valence-electron chi connectivity index (χ3n) is 2.39. The zero-order chi connectivity index (χ0) is 12.3. The van der Waals surface area contributed by atoms with Crippen LogP contribution in [-0.2, 0) is 6.54 Å². The van der Waals surface area contributed by atoms with Crippen molar-refractivity contribution in [2.45, 2.75) is 6.54 Å². The van der Waals surface area contributed by atoms with Crippen LogP contribution in [-0.4, -0.2) is 5.11 Å². The summed E-state index contributed by atoms with van der Waals surface area (Å²) in [6, 6.07) is 12.4. The van der Waals surface area contributed by atoms with Crippen molar-refractivity contribution in [3.63, 3.8) is 0 Å². The lowest BCUT2D eigenvalue weighted by Gasteiger charge is -2.09. The second-order valence-corrected chi connectivity index (χ2v) is 4.45. The minimum Gasteiger partial charge on any atom is -0.508 e. The Labute approximate surface area is 110 Å². The van der Waals surface area contributed by atoms with Gasteiger partial charge in [-0.1, -0.05) is 35.3 Å². The molecule has 2 rings (SSSR count). The molecular weight excluding hydrogens is 257 g/mol. The molecule has 0 aliphatic rings. The lowest BCUT2D eigenvalue weighted by molar-refractivity contribution is 0.469. The van der Waals surface area contributed by atoms with Crippen molar-refractivity contribution in [2.75, 3.05) is 5.32 Å². The molecule has 4 heteroatoms. The fraction of sp³-hybridized carbons (Fsp3) is 0.0769. The summed E-state index contributed by atoms with van der Waals surface area (Å²) in [5.41, 5.74) is 1.56. The van der Waals surface area contributed by atoms with E-state index in [1.54, 1.807) is 24.3 Å². The van der Waals surface area contributed by atoms with Gasteiger partial charge >= 0.3 is 0 Å². The van der Waals surface area contributed by atoms with Crippen molar-refractivity contribution in [3.05, 3.63) is 58.1 Å². The minimum absolute atomic E-state index is 0.187. The van der Waals surface area contributed by atoms with Gasteiger partial charge in [-0.3, -0.25) is 0 Å². The van der Waals surface area contributed by atoms with E-state index in [2.05, 4.69) is 5.32 Å². The van der Waals surface area contributed by atoms with Gasteiger partial charge in [0.15, 0.2) is 0 Å². The Morgan fingerprint density at radius 3 is 2.53 bits per heavy atom. The second-order valence-electron chi connectivity index (χ2n) is 3.60. The van der Waals surface area contributed by atoms with Gasteiger partial charge in [0, 0.05) is 27.8 Å². The van der Waals surface area contributed by atoms with Gasteiger partial charge in [-0.05, 0) is 30.3 Å². The highest BCUT2D eigenvalue weighted by Gasteiger charge is 2.05. The van der Waals surface area contributed by atoms with Gasteiger partial charge in [-0.15, -0.1) is 0 Å². The largest absolute Gasteiger partial charge is 0.508 e. The minimum atomic E-state index is 0.187. The Kier molecular flexibility index (Phi) is 3.77. The highest BCUT2D eigenvalue weighted by Crippen LogP contribution is 2.26. The lowest BCUT2D eigenvalue weighted by Crippen LogP contribution is -2.00. The van der Waals surface area contributed by atoms with Crippen molar-refractivity contribution < 1.29 is 5.11 Å². The molecule has 0 spiro atoms. The quantitative estimate of drug-likeness (QED) is 0.869. The Bertz CT molecular complexity index is 508. The third kappa shape index (κ3) is 3.05. The smallest absolute Gasteiger partial charge is 0.122 e. The molecule has 0 aliphatic carbocycles. The summed E-state index contributed by atoms with van der Waals surface area (Å²) in [7, 11) is 0. The molecule has 2 N–H and O–H groups in total. The Balaban J connectivity index is 2.13. The van der Waals surface area contributed by atoms with Crippen LogP contribution in [0.3, 0.4) is 0 Å². The first kappa shape index (κ1) is 12.1. The van der Waals surface area contributed by atoms with Crippen molar-refractivity contribution in [3.8, 4) is 5.75 Å². The molecule has 0 aromatic heterocycles. The van der Waals surface area contributed by atoms with Crippen molar-refractivity contribution in [1.29, 1.82) is 0 Å². The summed E-state index contributed by atoms with van der Waals surface area (Å²) in [6.45, 7) is 0.450. The van der Waals surface area contributed by atoms with E-state index in [1.807, 2.05) is 18.2 Å². The molecule has 0 saturated carbocycles. The van der Waals surface area contributed by atoms with Crippen LogP contribution in [0.1, 0.15) is 5.56 Å². The molecule has 0 aliphatic heterocycles. The normalized spacial score (nSPS) is 10.2. The van der Waals surface area contributed by atoms with Gasteiger partial charge in [-0.2, -0.15) is 0 Å². The topological polar surface area (TPSA) is 32.3 Å². The number of phenolic OH excluding ortho intramolecular Hbond substituents is 1. The van der Waals surface area contributed by atoms with Gasteiger partial charge < -0.3 is 10.4 Å². The molecule has 0 bridgehead atoms. The number of nitrogens with one attached hydrogen (secondary N) is 1. The maximum Gasteiger partial charge on any atom is 0.122 e. The standard InChI is InChI=1S/C13H11Cl2NO/c14-9-3-1-4-10(7-9)16-8-11-12(15)5-2-6-13(11)17/h1-7,16-17H,8H2. The molecule has 0 fully saturated rings.